The van der Waals surface area contributed by atoms with Gasteiger partial charge < -0.3 is 10.1 Å². The molecule has 0 aliphatic carbocycles. The van der Waals surface area contributed by atoms with E-state index in [9.17, 15) is 19.2 Å². The van der Waals surface area contributed by atoms with Crippen LogP contribution in [-0.2, 0) is 24.7 Å². The molecular formula is C26H24ClN3O5. The molecule has 4 aliphatic heterocycles. The van der Waals surface area contributed by atoms with Crippen LogP contribution in [0.15, 0.2) is 36.4 Å². The minimum atomic E-state index is -1.25. The molecular weight excluding hydrogens is 470 g/mol. The van der Waals surface area contributed by atoms with Crippen molar-refractivity contribution in [3.05, 3.63) is 58.1 Å². The minimum absolute atomic E-state index is 0.201. The highest BCUT2D eigenvalue weighted by Gasteiger charge is 2.74. The van der Waals surface area contributed by atoms with Crippen molar-refractivity contribution in [1.82, 2.24) is 4.90 Å². The van der Waals surface area contributed by atoms with E-state index in [0.717, 1.165) is 18.4 Å². The molecule has 35 heavy (non-hydrogen) atoms. The molecule has 1 spiro atoms. The number of fused-ring (bicyclic) bond motifs is 7. The highest BCUT2D eigenvalue weighted by Crippen LogP contribution is 2.61. The summed E-state index contributed by atoms with van der Waals surface area (Å²) in [7, 11) is 0. The van der Waals surface area contributed by atoms with Crippen molar-refractivity contribution in [3.63, 3.8) is 0 Å². The SMILES string of the molecule is CCOC(=O)c1ccc(N2C(=O)[C@@H]3[C@@H](C2=O)[C@]2(C(=O)Nc4c2ccc(Cl)c4C)N2CCC[C@@H]32)cc1. The number of imide groups is 1. The molecule has 4 aliphatic rings. The first-order valence-corrected chi connectivity index (χ1v) is 12.2. The smallest absolute Gasteiger partial charge is 0.338 e. The molecule has 3 amide bonds. The maximum absolute atomic E-state index is 14.0. The number of ether oxygens (including phenoxy) is 1. The Balaban J connectivity index is 1.46. The van der Waals surface area contributed by atoms with Crippen LogP contribution in [0.5, 0.6) is 0 Å². The molecule has 0 radical (unpaired) electrons. The fraction of sp³-hybridized carbons (Fsp3) is 0.385. The highest BCUT2D eigenvalue weighted by atomic mass is 35.5. The molecule has 2 aromatic rings. The summed E-state index contributed by atoms with van der Waals surface area (Å²) < 4.78 is 5.02. The number of anilines is 2. The predicted molar refractivity (Wildman–Crippen MR) is 128 cm³/mol. The van der Waals surface area contributed by atoms with E-state index in [1.54, 1.807) is 37.3 Å². The number of nitrogens with zero attached hydrogens (tertiary/aromatic N) is 2. The molecule has 0 bridgehead atoms. The average Bonchev–Trinajstić information content (AvgIpc) is 3.55. The predicted octanol–water partition coefficient (Wildman–Crippen LogP) is 3.26. The molecule has 1 N–H and O–H groups in total. The third-order valence-corrected chi connectivity index (χ3v) is 8.41. The zero-order valence-corrected chi connectivity index (χ0v) is 20.1. The van der Waals surface area contributed by atoms with Crippen molar-refractivity contribution >= 4 is 46.7 Å². The number of hydrogen-bond acceptors (Lipinski definition) is 6. The van der Waals surface area contributed by atoms with E-state index in [0.29, 0.717) is 34.1 Å². The van der Waals surface area contributed by atoms with Crippen LogP contribution in [0.4, 0.5) is 11.4 Å². The normalized spacial score (nSPS) is 28.9. The monoisotopic (exact) mass is 493 g/mol. The van der Waals surface area contributed by atoms with Gasteiger partial charge in [0, 0.05) is 16.6 Å². The van der Waals surface area contributed by atoms with Gasteiger partial charge in [0.25, 0.3) is 0 Å². The number of esters is 1. The fourth-order valence-electron chi connectivity index (χ4n) is 6.61. The Hall–Kier alpha value is -3.23. The van der Waals surface area contributed by atoms with Gasteiger partial charge in [-0.05, 0) is 69.1 Å². The molecule has 3 fully saturated rings. The Bertz CT molecular complexity index is 1310. The molecule has 180 valence electrons. The largest absolute Gasteiger partial charge is 0.462 e. The quantitative estimate of drug-likeness (QED) is 0.521. The Kier molecular flexibility index (Phi) is 4.85. The lowest BCUT2D eigenvalue weighted by molar-refractivity contribution is -0.135. The number of halogens is 1. The van der Waals surface area contributed by atoms with Gasteiger partial charge in [0.2, 0.25) is 17.7 Å². The van der Waals surface area contributed by atoms with Gasteiger partial charge in [0.15, 0.2) is 0 Å². The van der Waals surface area contributed by atoms with Crippen LogP contribution >= 0.6 is 11.6 Å². The zero-order valence-electron chi connectivity index (χ0n) is 19.3. The van der Waals surface area contributed by atoms with Crippen LogP contribution < -0.4 is 10.2 Å². The lowest BCUT2D eigenvalue weighted by Gasteiger charge is -2.36. The van der Waals surface area contributed by atoms with Gasteiger partial charge in [-0.3, -0.25) is 19.3 Å². The first-order valence-electron chi connectivity index (χ1n) is 11.8. The number of nitrogens with one attached hydrogen (secondary N) is 1. The third-order valence-electron chi connectivity index (χ3n) is 8.00. The van der Waals surface area contributed by atoms with Crippen molar-refractivity contribution in [2.45, 2.75) is 38.3 Å². The van der Waals surface area contributed by atoms with Crippen molar-refractivity contribution in [2.75, 3.05) is 23.4 Å². The van der Waals surface area contributed by atoms with Crippen LogP contribution in [-0.4, -0.2) is 47.8 Å². The number of hydrogen-bond donors (Lipinski definition) is 1. The molecule has 8 nitrogen and oxygen atoms in total. The molecule has 2 aromatic carbocycles. The summed E-state index contributed by atoms with van der Waals surface area (Å²) in [5.41, 5.74) is 1.56. The van der Waals surface area contributed by atoms with Gasteiger partial charge in [0.1, 0.15) is 5.54 Å². The summed E-state index contributed by atoms with van der Waals surface area (Å²) in [5, 5.41) is 3.52. The second kappa shape index (κ2) is 7.63. The van der Waals surface area contributed by atoms with E-state index in [1.165, 1.54) is 4.90 Å². The van der Waals surface area contributed by atoms with E-state index in [2.05, 4.69) is 10.2 Å². The maximum atomic E-state index is 14.0. The average molecular weight is 494 g/mol. The van der Waals surface area contributed by atoms with Crippen LogP contribution in [0.2, 0.25) is 5.02 Å². The summed E-state index contributed by atoms with van der Waals surface area (Å²) in [6.07, 6.45) is 1.59. The Morgan fingerprint density at radius 3 is 2.60 bits per heavy atom. The third kappa shape index (κ3) is 2.72. The summed E-state index contributed by atoms with van der Waals surface area (Å²) in [6.45, 7) is 4.46. The van der Waals surface area contributed by atoms with Crippen LogP contribution in [0.25, 0.3) is 0 Å². The van der Waals surface area contributed by atoms with Gasteiger partial charge in [-0.1, -0.05) is 17.7 Å². The van der Waals surface area contributed by atoms with Crippen LogP contribution in [0.3, 0.4) is 0 Å². The van der Waals surface area contributed by atoms with E-state index in [-0.39, 0.29) is 24.5 Å². The van der Waals surface area contributed by atoms with E-state index < -0.39 is 29.3 Å². The zero-order chi connectivity index (χ0) is 24.6. The molecule has 4 atom stereocenters. The lowest BCUT2D eigenvalue weighted by Crippen LogP contribution is -2.54. The Labute approximate surface area is 207 Å². The standard InChI is InChI=1S/C26H24ClN3O5/c1-3-35-24(33)14-6-8-15(9-7-14)30-22(31)19-18-5-4-12-29(18)26(20(19)23(30)32)16-10-11-17(27)13(2)21(16)28-25(26)34/h6-11,18-20H,3-5,12H2,1-2H3,(H,28,34)/t18-,19-,20-,26+/m0/s1. The molecule has 3 saturated heterocycles. The van der Waals surface area contributed by atoms with Crippen LogP contribution in [0, 0.1) is 18.8 Å². The van der Waals surface area contributed by atoms with E-state index >= 15 is 0 Å². The number of carbonyl (C=O) groups is 4. The van der Waals surface area contributed by atoms with Crippen molar-refractivity contribution in [3.8, 4) is 0 Å². The molecule has 0 saturated carbocycles. The van der Waals surface area contributed by atoms with Gasteiger partial charge in [0.05, 0.1) is 35.4 Å². The fourth-order valence-corrected chi connectivity index (χ4v) is 6.76. The molecule has 9 heteroatoms. The first kappa shape index (κ1) is 22.2. The highest BCUT2D eigenvalue weighted by molar-refractivity contribution is 6.32. The van der Waals surface area contributed by atoms with Gasteiger partial charge in [-0.15, -0.1) is 0 Å². The first-order chi connectivity index (χ1) is 16.8. The number of carbonyl (C=O) groups excluding carboxylic acids is 4. The van der Waals surface area contributed by atoms with Gasteiger partial charge in [-0.25, -0.2) is 9.69 Å². The van der Waals surface area contributed by atoms with Gasteiger partial charge in [-0.2, -0.15) is 0 Å². The summed E-state index contributed by atoms with van der Waals surface area (Å²) >= 11 is 6.34. The second-order valence-electron chi connectivity index (χ2n) is 9.50. The van der Waals surface area contributed by atoms with Crippen molar-refractivity contribution in [1.29, 1.82) is 0 Å². The van der Waals surface area contributed by atoms with Gasteiger partial charge >= 0.3 is 5.97 Å². The number of amides is 3. The molecule has 0 aromatic heterocycles. The summed E-state index contributed by atoms with van der Waals surface area (Å²) in [4.78, 5) is 56.8. The van der Waals surface area contributed by atoms with E-state index in [1.807, 2.05) is 13.0 Å². The summed E-state index contributed by atoms with van der Waals surface area (Å²) in [6, 6.07) is 9.61. The van der Waals surface area contributed by atoms with Crippen molar-refractivity contribution < 1.29 is 23.9 Å². The maximum Gasteiger partial charge on any atom is 0.338 e. The molecule has 4 heterocycles. The van der Waals surface area contributed by atoms with E-state index in [4.69, 9.17) is 16.3 Å². The molecule has 6 rings (SSSR count). The minimum Gasteiger partial charge on any atom is -0.462 e. The number of benzene rings is 2. The van der Waals surface area contributed by atoms with Crippen molar-refractivity contribution in [2.24, 2.45) is 11.8 Å². The summed E-state index contributed by atoms with van der Waals surface area (Å²) in [5.74, 6) is -2.91. The topological polar surface area (TPSA) is 96.0 Å². The molecule has 0 unspecified atom stereocenters. The number of rotatable bonds is 3. The Morgan fingerprint density at radius 1 is 1.14 bits per heavy atom. The lowest BCUT2D eigenvalue weighted by atomic mass is 9.75. The Morgan fingerprint density at radius 2 is 1.89 bits per heavy atom. The second-order valence-corrected chi connectivity index (χ2v) is 9.91. The van der Waals surface area contributed by atoms with Crippen LogP contribution in [0.1, 0.15) is 41.3 Å².